The van der Waals surface area contributed by atoms with E-state index in [1.807, 2.05) is 19.0 Å². The number of nitrogens with zero attached hydrogens (tertiary/aromatic N) is 4. The van der Waals surface area contributed by atoms with Gasteiger partial charge in [-0.15, -0.1) is 0 Å². The maximum atomic E-state index is 5.36. The molecule has 7 nitrogen and oxygen atoms in total. The zero-order valence-corrected chi connectivity index (χ0v) is 11.1. The van der Waals surface area contributed by atoms with Crippen LogP contribution < -0.4 is 21.5 Å². The van der Waals surface area contributed by atoms with Gasteiger partial charge >= 0.3 is 0 Å². The van der Waals surface area contributed by atoms with Crippen LogP contribution in [-0.4, -0.2) is 35.1 Å². The quantitative estimate of drug-likeness (QED) is 0.509. The lowest BCUT2D eigenvalue weighted by Crippen LogP contribution is -2.22. The molecular weight excluding hydrogens is 230 g/mol. The molecule has 1 fully saturated rings. The Morgan fingerprint density at radius 3 is 2.50 bits per heavy atom. The van der Waals surface area contributed by atoms with Crippen LogP contribution in [0.25, 0.3) is 0 Å². The van der Waals surface area contributed by atoms with Crippen LogP contribution in [0.5, 0.6) is 0 Å². The zero-order valence-electron chi connectivity index (χ0n) is 11.1. The summed E-state index contributed by atoms with van der Waals surface area (Å²) in [5, 5.41) is 3.30. The van der Waals surface area contributed by atoms with Crippen LogP contribution in [0.3, 0.4) is 0 Å². The Hall–Kier alpha value is -1.63. The molecule has 1 saturated carbocycles. The summed E-state index contributed by atoms with van der Waals surface area (Å²) in [6.45, 7) is 2.15. The van der Waals surface area contributed by atoms with Crippen molar-refractivity contribution in [2.45, 2.75) is 32.2 Å². The van der Waals surface area contributed by atoms with Crippen molar-refractivity contribution in [1.82, 2.24) is 15.0 Å². The average Bonchev–Trinajstić information content (AvgIpc) is 3.12. The van der Waals surface area contributed by atoms with Crippen molar-refractivity contribution in [1.29, 1.82) is 0 Å². The van der Waals surface area contributed by atoms with Gasteiger partial charge in [0.25, 0.3) is 0 Å². The van der Waals surface area contributed by atoms with Crippen LogP contribution in [-0.2, 0) is 0 Å². The summed E-state index contributed by atoms with van der Waals surface area (Å²) in [6.07, 6.45) is 3.86. The fraction of sp³-hybridized carbons (Fsp3) is 0.727. The van der Waals surface area contributed by atoms with Crippen molar-refractivity contribution in [2.75, 3.05) is 29.7 Å². The number of hydrogen-bond acceptors (Lipinski definition) is 7. The smallest absolute Gasteiger partial charge is 0.243 e. The highest BCUT2D eigenvalue weighted by Crippen LogP contribution is 2.33. The molecule has 100 valence electrons. The lowest BCUT2D eigenvalue weighted by atomic mass is 10.2. The van der Waals surface area contributed by atoms with Gasteiger partial charge in [-0.25, -0.2) is 5.84 Å². The number of aromatic nitrogens is 3. The molecule has 0 spiro atoms. The van der Waals surface area contributed by atoms with Gasteiger partial charge in [0.15, 0.2) is 0 Å². The Labute approximate surface area is 107 Å². The molecule has 1 aliphatic rings. The van der Waals surface area contributed by atoms with Crippen molar-refractivity contribution in [3.63, 3.8) is 0 Å². The molecule has 2 rings (SSSR count). The molecule has 1 aromatic rings. The molecule has 1 unspecified atom stereocenters. The number of nitrogen functional groups attached to an aromatic ring is 1. The van der Waals surface area contributed by atoms with Gasteiger partial charge in [0.2, 0.25) is 17.8 Å². The summed E-state index contributed by atoms with van der Waals surface area (Å²) in [5.41, 5.74) is 2.46. The molecule has 0 saturated heterocycles. The first-order valence-corrected chi connectivity index (χ1v) is 6.25. The second kappa shape index (κ2) is 5.34. The van der Waals surface area contributed by atoms with Gasteiger partial charge < -0.3 is 10.2 Å². The van der Waals surface area contributed by atoms with Gasteiger partial charge in [-0.2, -0.15) is 15.0 Å². The number of anilines is 3. The van der Waals surface area contributed by atoms with Gasteiger partial charge in [-0.3, -0.25) is 5.43 Å². The highest BCUT2D eigenvalue weighted by molar-refractivity contribution is 5.42. The molecular formula is C11H21N7. The van der Waals surface area contributed by atoms with Crippen molar-refractivity contribution < 1.29 is 0 Å². The van der Waals surface area contributed by atoms with Gasteiger partial charge in [0, 0.05) is 20.1 Å². The summed E-state index contributed by atoms with van der Waals surface area (Å²) >= 11 is 0. The zero-order chi connectivity index (χ0) is 13.1. The molecule has 0 amide bonds. The Morgan fingerprint density at radius 1 is 1.28 bits per heavy atom. The molecule has 1 aromatic heterocycles. The van der Waals surface area contributed by atoms with Gasteiger partial charge in [-0.05, 0) is 19.3 Å². The van der Waals surface area contributed by atoms with Gasteiger partial charge in [0.05, 0.1) is 0 Å². The van der Waals surface area contributed by atoms with Crippen LogP contribution in [0, 0.1) is 5.92 Å². The summed E-state index contributed by atoms with van der Waals surface area (Å²) in [7, 11) is 3.76. The number of nitrogens with two attached hydrogens (primary N) is 1. The maximum absolute atomic E-state index is 5.36. The summed E-state index contributed by atoms with van der Waals surface area (Å²) in [4.78, 5) is 14.5. The Bertz CT molecular complexity index is 402. The molecule has 0 bridgehead atoms. The van der Waals surface area contributed by atoms with Crippen molar-refractivity contribution in [3.05, 3.63) is 0 Å². The topological polar surface area (TPSA) is 92.0 Å². The molecule has 0 aromatic carbocycles. The normalized spacial score (nSPS) is 16.2. The second-order valence-electron chi connectivity index (χ2n) is 5.05. The van der Waals surface area contributed by atoms with E-state index in [1.54, 1.807) is 0 Å². The predicted molar refractivity (Wildman–Crippen MR) is 72.4 cm³/mol. The largest absolute Gasteiger partial charge is 0.352 e. The van der Waals surface area contributed by atoms with E-state index in [2.05, 4.69) is 32.6 Å². The molecule has 4 N–H and O–H groups in total. The molecule has 7 heteroatoms. The van der Waals surface area contributed by atoms with E-state index in [0.29, 0.717) is 23.9 Å². The predicted octanol–water partition coefficient (Wildman–Crippen LogP) is 0.824. The fourth-order valence-electron chi connectivity index (χ4n) is 1.83. The lowest BCUT2D eigenvalue weighted by Gasteiger charge is -2.16. The number of rotatable bonds is 6. The minimum absolute atomic E-state index is 0.362. The number of hydrogen-bond donors (Lipinski definition) is 3. The standard InChI is InChI=1S/C11H21N7/c1-7(6-8-4-5-8)13-9-14-10(17-12)16-11(15-9)18(2)3/h7-8H,4-6,12H2,1-3H3,(H2,13,14,15,16,17). The van der Waals surface area contributed by atoms with E-state index in [1.165, 1.54) is 12.8 Å². The molecule has 0 aliphatic heterocycles. The molecule has 0 radical (unpaired) electrons. The third kappa shape index (κ3) is 3.43. The van der Waals surface area contributed by atoms with Crippen LogP contribution in [0.2, 0.25) is 0 Å². The van der Waals surface area contributed by atoms with E-state index in [-0.39, 0.29) is 0 Å². The number of nitrogens with one attached hydrogen (secondary N) is 2. The Balaban J connectivity index is 2.07. The number of hydrazine groups is 1. The SMILES string of the molecule is CC(CC1CC1)Nc1nc(NN)nc(N(C)C)n1. The first-order valence-electron chi connectivity index (χ1n) is 6.25. The monoisotopic (exact) mass is 251 g/mol. The highest BCUT2D eigenvalue weighted by atomic mass is 15.4. The molecule has 18 heavy (non-hydrogen) atoms. The van der Waals surface area contributed by atoms with E-state index < -0.39 is 0 Å². The maximum Gasteiger partial charge on any atom is 0.243 e. The summed E-state index contributed by atoms with van der Waals surface area (Å²) < 4.78 is 0. The minimum atomic E-state index is 0.362. The second-order valence-corrected chi connectivity index (χ2v) is 5.05. The summed E-state index contributed by atoms with van der Waals surface area (Å²) in [6, 6.07) is 0.362. The Kier molecular flexibility index (Phi) is 3.81. The van der Waals surface area contributed by atoms with Crippen LogP contribution in [0.4, 0.5) is 17.8 Å². The van der Waals surface area contributed by atoms with Crippen LogP contribution in [0.1, 0.15) is 26.2 Å². The Morgan fingerprint density at radius 2 is 1.94 bits per heavy atom. The summed E-state index contributed by atoms with van der Waals surface area (Å²) in [5.74, 6) is 7.75. The van der Waals surface area contributed by atoms with Crippen molar-refractivity contribution in [2.24, 2.45) is 11.8 Å². The van der Waals surface area contributed by atoms with Gasteiger partial charge in [0.1, 0.15) is 0 Å². The lowest BCUT2D eigenvalue weighted by molar-refractivity contribution is 0.637. The molecule has 1 aliphatic carbocycles. The van der Waals surface area contributed by atoms with Crippen LogP contribution in [0.15, 0.2) is 0 Å². The van der Waals surface area contributed by atoms with Crippen LogP contribution >= 0.6 is 0 Å². The molecule has 1 heterocycles. The average molecular weight is 251 g/mol. The van der Waals surface area contributed by atoms with Crippen molar-refractivity contribution in [3.8, 4) is 0 Å². The first-order chi connectivity index (χ1) is 8.58. The highest BCUT2D eigenvalue weighted by Gasteiger charge is 2.24. The third-order valence-electron chi connectivity index (χ3n) is 2.91. The third-order valence-corrected chi connectivity index (χ3v) is 2.91. The fourth-order valence-corrected chi connectivity index (χ4v) is 1.83. The van der Waals surface area contributed by atoms with Crippen molar-refractivity contribution >= 4 is 17.8 Å². The van der Waals surface area contributed by atoms with E-state index in [9.17, 15) is 0 Å². The van der Waals surface area contributed by atoms with E-state index >= 15 is 0 Å². The van der Waals surface area contributed by atoms with E-state index in [0.717, 1.165) is 12.3 Å². The molecule has 1 atom stereocenters. The first kappa shape index (κ1) is 12.8. The van der Waals surface area contributed by atoms with E-state index in [4.69, 9.17) is 5.84 Å². The van der Waals surface area contributed by atoms with Gasteiger partial charge in [-0.1, -0.05) is 12.8 Å². The minimum Gasteiger partial charge on any atom is -0.352 e.